The molecule has 2 aliphatic heterocycles. The molecule has 24 heavy (non-hydrogen) atoms. The number of nitrogens with zero attached hydrogens (tertiary/aromatic N) is 1. The van der Waals surface area contributed by atoms with Gasteiger partial charge in [-0.1, -0.05) is 6.92 Å². The van der Waals surface area contributed by atoms with E-state index in [-0.39, 0.29) is 30.1 Å². The summed E-state index contributed by atoms with van der Waals surface area (Å²) >= 11 is 0. The third kappa shape index (κ3) is 2.66. The van der Waals surface area contributed by atoms with Crippen LogP contribution in [-0.4, -0.2) is 40.7 Å². The maximum atomic E-state index is 12.6. The smallest absolute Gasteiger partial charge is 0.262 e. The predicted molar refractivity (Wildman–Crippen MR) is 83.5 cm³/mol. The van der Waals surface area contributed by atoms with Crippen LogP contribution in [0.1, 0.15) is 53.8 Å². The highest BCUT2D eigenvalue weighted by molar-refractivity contribution is 6.23. The Morgan fingerprint density at radius 1 is 1.21 bits per heavy atom. The van der Waals surface area contributed by atoms with Crippen molar-refractivity contribution in [2.24, 2.45) is 0 Å². The summed E-state index contributed by atoms with van der Waals surface area (Å²) in [6, 6.07) is 3.77. The number of carbonyl (C=O) groups is 4. The number of ether oxygens (including phenoxy) is 1. The van der Waals surface area contributed by atoms with E-state index in [1.807, 2.05) is 13.8 Å². The topological polar surface area (TPSA) is 92.8 Å². The molecule has 0 saturated carbocycles. The Morgan fingerprint density at radius 2 is 1.92 bits per heavy atom. The second-order valence-electron chi connectivity index (χ2n) is 5.99. The number of rotatable bonds is 4. The molecule has 1 N–H and O–H groups in total. The number of carbonyl (C=O) groups excluding carboxylic acids is 4. The van der Waals surface area contributed by atoms with Crippen molar-refractivity contribution in [1.29, 1.82) is 0 Å². The molecule has 2 aliphatic rings. The highest BCUT2D eigenvalue weighted by Crippen LogP contribution is 2.30. The van der Waals surface area contributed by atoms with E-state index in [0.29, 0.717) is 5.75 Å². The monoisotopic (exact) mass is 330 g/mol. The van der Waals surface area contributed by atoms with E-state index in [2.05, 4.69) is 5.32 Å². The Balaban J connectivity index is 1.88. The van der Waals surface area contributed by atoms with Gasteiger partial charge in [0, 0.05) is 6.42 Å². The van der Waals surface area contributed by atoms with Gasteiger partial charge < -0.3 is 4.74 Å². The van der Waals surface area contributed by atoms with Crippen molar-refractivity contribution in [1.82, 2.24) is 10.2 Å². The lowest BCUT2D eigenvalue weighted by atomic mass is 10.0. The van der Waals surface area contributed by atoms with E-state index >= 15 is 0 Å². The van der Waals surface area contributed by atoms with Crippen LogP contribution in [0, 0.1) is 0 Å². The molecule has 4 amide bonds. The van der Waals surface area contributed by atoms with Crippen LogP contribution in [0.2, 0.25) is 0 Å². The molecule has 1 saturated heterocycles. The quantitative estimate of drug-likeness (QED) is 0.839. The van der Waals surface area contributed by atoms with Crippen LogP contribution in [-0.2, 0) is 9.59 Å². The lowest BCUT2D eigenvalue weighted by molar-refractivity contribution is -0.136. The third-order valence-electron chi connectivity index (χ3n) is 4.32. The molecule has 1 aromatic carbocycles. The zero-order valence-corrected chi connectivity index (χ0v) is 13.5. The fourth-order valence-electron chi connectivity index (χ4n) is 2.84. The number of amides is 4. The van der Waals surface area contributed by atoms with Crippen LogP contribution in [0.5, 0.6) is 5.75 Å². The average molecular weight is 330 g/mol. The number of fused-ring (bicyclic) bond motifs is 1. The summed E-state index contributed by atoms with van der Waals surface area (Å²) in [4.78, 5) is 49.3. The molecule has 0 aromatic heterocycles. The average Bonchev–Trinajstić information content (AvgIpc) is 2.79. The maximum absolute atomic E-state index is 12.6. The fraction of sp³-hybridized carbons (Fsp3) is 0.412. The van der Waals surface area contributed by atoms with Gasteiger partial charge in [0.05, 0.1) is 17.2 Å². The van der Waals surface area contributed by atoms with Crippen LogP contribution in [0.15, 0.2) is 18.2 Å². The highest BCUT2D eigenvalue weighted by Gasteiger charge is 2.44. The Morgan fingerprint density at radius 3 is 2.58 bits per heavy atom. The Hall–Kier alpha value is -2.70. The van der Waals surface area contributed by atoms with E-state index in [9.17, 15) is 19.2 Å². The molecular formula is C17H18N2O5. The molecule has 0 spiro atoms. The standard InChI is InChI=1S/C17H18N2O5/c1-3-9(2)24-10-4-5-11-12(8-10)17(23)19(16(11)22)13-6-7-14(20)18-15(13)21/h4-5,8-9,13H,3,6-7H2,1-2H3,(H,18,20,21). The summed E-state index contributed by atoms with van der Waals surface area (Å²) < 4.78 is 5.68. The normalized spacial score (nSPS) is 21.6. The second kappa shape index (κ2) is 6.07. The zero-order chi connectivity index (χ0) is 17.4. The first kappa shape index (κ1) is 16.2. The first-order valence-corrected chi connectivity index (χ1v) is 7.94. The minimum Gasteiger partial charge on any atom is -0.491 e. The summed E-state index contributed by atoms with van der Waals surface area (Å²) in [5.41, 5.74) is 0.478. The van der Waals surface area contributed by atoms with Crippen LogP contribution in [0.25, 0.3) is 0 Å². The third-order valence-corrected chi connectivity index (χ3v) is 4.32. The molecule has 2 heterocycles. The van der Waals surface area contributed by atoms with Crippen molar-refractivity contribution in [3.8, 4) is 5.75 Å². The fourth-order valence-corrected chi connectivity index (χ4v) is 2.84. The molecule has 1 fully saturated rings. The van der Waals surface area contributed by atoms with Crippen molar-refractivity contribution in [3.63, 3.8) is 0 Å². The number of benzene rings is 1. The van der Waals surface area contributed by atoms with Gasteiger partial charge in [0.1, 0.15) is 11.8 Å². The molecule has 2 atom stereocenters. The maximum Gasteiger partial charge on any atom is 0.262 e. The van der Waals surface area contributed by atoms with Crippen LogP contribution < -0.4 is 10.1 Å². The van der Waals surface area contributed by atoms with E-state index in [1.54, 1.807) is 12.1 Å². The molecule has 7 heteroatoms. The molecule has 0 radical (unpaired) electrons. The number of nitrogens with one attached hydrogen (secondary N) is 1. The first-order chi connectivity index (χ1) is 11.4. The van der Waals surface area contributed by atoms with E-state index in [1.165, 1.54) is 6.07 Å². The van der Waals surface area contributed by atoms with Crippen molar-refractivity contribution >= 4 is 23.6 Å². The van der Waals surface area contributed by atoms with Gasteiger partial charge in [-0.3, -0.25) is 29.4 Å². The van der Waals surface area contributed by atoms with E-state index < -0.39 is 29.7 Å². The Kier molecular flexibility index (Phi) is 4.09. The van der Waals surface area contributed by atoms with Gasteiger partial charge in [-0.15, -0.1) is 0 Å². The van der Waals surface area contributed by atoms with Gasteiger partial charge in [0.15, 0.2) is 0 Å². The summed E-state index contributed by atoms with van der Waals surface area (Å²) in [6.45, 7) is 3.90. The van der Waals surface area contributed by atoms with Crippen LogP contribution >= 0.6 is 0 Å². The minimum atomic E-state index is -0.950. The van der Waals surface area contributed by atoms with E-state index in [0.717, 1.165) is 11.3 Å². The van der Waals surface area contributed by atoms with E-state index in [4.69, 9.17) is 4.74 Å². The second-order valence-corrected chi connectivity index (χ2v) is 5.99. The van der Waals surface area contributed by atoms with Gasteiger partial charge in [-0.25, -0.2) is 0 Å². The lowest BCUT2D eigenvalue weighted by Gasteiger charge is -2.27. The molecule has 0 aliphatic carbocycles. The summed E-state index contributed by atoms with van der Waals surface area (Å²) in [7, 11) is 0. The van der Waals surface area contributed by atoms with Gasteiger partial charge in [0.25, 0.3) is 11.8 Å². The van der Waals surface area contributed by atoms with Crippen molar-refractivity contribution in [2.45, 2.75) is 45.3 Å². The molecule has 126 valence electrons. The van der Waals surface area contributed by atoms with Crippen LogP contribution in [0.4, 0.5) is 0 Å². The lowest BCUT2D eigenvalue weighted by Crippen LogP contribution is -2.54. The minimum absolute atomic E-state index is 0.0125. The zero-order valence-electron chi connectivity index (χ0n) is 13.5. The number of hydrogen-bond donors (Lipinski definition) is 1. The molecule has 1 aromatic rings. The van der Waals surface area contributed by atoms with Gasteiger partial charge >= 0.3 is 0 Å². The number of imide groups is 2. The molecular weight excluding hydrogens is 312 g/mol. The van der Waals surface area contributed by atoms with Crippen molar-refractivity contribution in [2.75, 3.05) is 0 Å². The van der Waals surface area contributed by atoms with Gasteiger partial charge in [0.2, 0.25) is 11.8 Å². The number of hydrogen-bond acceptors (Lipinski definition) is 5. The van der Waals surface area contributed by atoms with Crippen molar-refractivity contribution < 1.29 is 23.9 Å². The summed E-state index contributed by atoms with van der Waals surface area (Å²) in [5.74, 6) is -1.54. The molecule has 3 rings (SSSR count). The van der Waals surface area contributed by atoms with Crippen molar-refractivity contribution in [3.05, 3.63) is 29.3 Å². The SMILES string of the molecule is CCC(C)Oc1ccc2c(c1)C(=O)N(C1CCC(=O)NC1=O)C2=O. The van der Waals surface area contributed by atoms with Gasteiger partial charge in [-0.05, 0) is 38.0 Å². The summed E-state index contributed by atoms with van der Waals surface area (Å²) in [5, 5.41) is 2.17. The van der Waals surface area contributed by atoms with Gasteiger partial charge in [-0.2, -0.15) is 0 Å². The number of piperidine rings is 1. The molecule has 2 unspecified atom stereocenters. The predicted octanol–water partition coefficient (Wildman–Crippen LogP) is 1.27. The van der Waals surface area contributed by atoms with Crippen LogP contribution in [0.3, 0.4) is 0 Å². The summed E-state index contributed by atoms with van der Waals surface area (Å²) in [6.07, 6.45) is 1.05. The largest absolute Gasteiger partial charge is 0.491 e. The molecule has 7 nitrogen and oxygen atoms in total. The Bertz CT molecular complexity index is 742. The molecule has 0 bridgehead atoms. The Labute approximate surface area is 139 Å². The highest BCUT2D eigenvalue weighted by atomic mass is 16.5. The first-order valence-electron chi connectivity index (χ1n) is 7.94.